The van der Waals surface area contributed by atoms with Gasteiger partial charge >= 0.3 is 0 Å². The zero-order chi connectivity index (χ0) is 20.6. The van der Waals surface area contributed by atoms with Crippen LogP contribution in [0.5, 0.6) is 0 Å². The number of aromatic nitrogens is 2. The summed E-state index contributed by atoms with van der Waals surface area (Å²) in [5.41, 5.74) is 0.0360. The lowest BCUT2D eigenvalue weighted by Crippen LogP contribution is -2.30. The predicted molar refractivity (Wildman–Crippen MR) is 109 cm³/mol. The molecule has 152 valence electrons. The Morgan fingerprint density at radius 2 is 2.00 bits per heavy atom. The Morgan fingerprint density at radius 3 is 2.72 bits per heavy atom. The molecule has 12 heteroatoms. The van der Waals surface area contributed by atoms with Crippen LogP contribution in [0.15, 0.2) is 40.6 Å². The summed E-state index contributed by atoms with van der Waals surface area (Å²) in [6.07, 6.45) is 1.24. The van der Waals surface area contributed by atoms with Crippen molar-refractivity contribution in [1.29, 1.82) is 0 Å². The zero-order valence-corrected chi connectivity index (χ0v) is 17.9. The second-order valence-corrected chi connectivity index (χ2v) is 11.1. The Labute approximate surface area is 179 Å². The first-order valence-electron chi connectivity index (χ1n) is 8.53. The molecule has 1 saturated heterocycles. The molecule has 3 aromatic rings. The van der Waals surface area contributed by atoms with Gasteiger partial charge in [0, 0.05) is 6.54 Å². The number of benzene rings is 1. The highest BCUT2D eigenvalue weighted by Crippen LogP contribution is 2.39. The van der Waals surface area contributed by atoms with Crippen LogP contribution in [0.25, 0.3) is 0 Å². The number of anilines is 1. The van der Waals surface area contributed by atoms with Gasteiger partial charge in [0.25, 0.3) is 15.9 Å². The lowest BCUT2D eigenvalue weighted by molar-refractivity contribution is 0.102. The van der Waals surface area contributed by atoms with Gasteiger partial charge in [0.1, 0.15) is 15.0 Å². The minimum atomic E-state index is -3.72. The quantitative estimate of drug-likeness (QED) is 0.601. The van der Waals surface area contributed by atoms with Crippen LogP contribution in [-0.4, -0.2) is 35.4 Å². The normalized spacial score (nSPS) is 17.5. The molecule has 4 rings (SSSR count). The Balaban J connectivity index is 1.55. The van der Waals surface area contributed by atoms with Crippen LogP contribution in [0.3, 0.4) is 0 Å². The first kappa shape index (κ1) is 20.4. The number of nitrogens with zero attached hydrogens (tertiary/aromatic N) is 3. The van der Waals surface area contributed by atoms with Crippen molar-refractivity contribution in [3.63, 3.8) is 0 Å². The van der Waals surface area contributed by atoms with Gasteiger partial charge in [-0.3, -0.25) is 4.79 Å². The van der Waals surface area contributed by atoms with Crippen molar-refractivity contribution < 1.29 is 17.6 Å². The Bertz CT molecular complexity index is 1160. The van der Waals surface area contributed by atoms with E-state index in [-0.39, 0.29) is 14.9 Å². The molecule has 0 unspecified atom stereocenters. The first-order chi connectivity index (χ1) is 13.9. The molecule has 1 aliphatic heterocycles. The maximum Gasteiger partial charge on any atom is 0.286 e. The van der Waals surface area contributed by atoms with E-state index in [9.17, 15) is 17.6 Å². The number of rotatable bonds is 5. The average Bonchev–Trinajstić information content (AvgIpc) is 3.43. The van der Waals surface area contributed by atoms with E-state index in [4.69, 9.17) is 11.6 Å². The number of halogens is 2. The van der Waals surface area contributed by atoms with Gasteiger partial charge in [-0.25, -0.2) is 12.8 Å². The number of amides is 1. The summed E-state index contributed by atoms with van der Waals surface area (Å²) < 4.78 is 41.6. The Hall–Kier alpha value is -1.92. The minimum absolute atomic E-state index is 0.0340. The summed E-state index contributed by atoms with van der Waals surface area (Å²) in [7, 11) is -3.72. The van der Waals surface area contributed by atoms with Crippen LogP contribution in [0.4, 0.5) is 10.1 Å². The molecule has 0 saturated carbocycles. The van der Waals surface area contributed by atoms with Gasteiger partial charge in [0.05, 0.1) is 16.1 Å². The van der Waals surface area contributed by atoms with Gasteiger partial charge in [-0.05, 0) is 37.1 Å². The highest BCUT2D eigenvalue weighted by molar-refractivity contribution is 7.91. The van der Waals surface area contributed by atoms with Crippen molar-refractivity contribution in [2.45, 2.75) is 23.1 Å². The minimum Gasteiger partial charge on any atom is -0.317 e. The van der Waals surface area contributed by atoms with E-state index < -0.39 is 27.8 Å². The molecule has 2 aromatic heterocycles. The highest BCUT2D eigenvalue weighted by atomic mass is 35.5. The first-order valence-corrected chi connectivity index (χ1v) is 12.0. The summed E-state index contributed by atoms with van der Waals surface area (Å²) in [5.74, 6) is -1.16. The smallest absolute Gasteiger partial charge is 0.286 e. The molecule has 0 aliphatic carbocycles. The third-order valence-corrected chi connectivity index (χ3v) is 8.99. The van der Waals surface area contributed by atoms with E-state index in [1.165, 1.54) is 28.6 Å². The molecule has 3 heterocycles. The maximum absolute atomic E-state index is 13.7. The van der Waals surface area contributed by atoms with Gasteiger partial charge in [0.15, 0.2) is 0 Å². The van der Waals surface area contributed by atoms with Crippen molar-refractivity contribution in [2.75, 3.05) is 11.9 Å². The Morgan fingerprint density at radius 1 is 1.21 bits per heavy atom. The summed E-state index contributed by atoms with van der Waals surface area (Å²) >= 11 is 7.88. The van der Waals surface area contributed by atoms with Gasteiger partial charge in [-0.15, -0.1) is 21.5 Å². The van der Waals surface area contributed by atoms with Crippen LogP contribution in [0.2, 0.25) is 4.34 Å². The third-order valence-electron chi connectivity index (χ3n) is 4.36. The molecule has 1 atom stereocenters. The lowest BCUT2D eigenvalue weighted by atomic mass is 10.2. The van der Waals surface area contributed by atoms with Crippen LogP contribution < -0.4 is 5.32 Å². The number of carbonyl (C=O) groups is 1. The zero-order valence-electron chi connectivity index (χ0n) is 14.7. The van der Waals surface area contributed by atoms with Crippen molar-refractivity contribution in [1.82, 2.24) is 14.5 Å². The highest BCUT2D eigenvalue weighted by Gasteiger charge is 2.39. The summed E-state index contributed by atoms with van der Waals surface area (Å²) in [4.78, 5) is 12.4. The van der Waals surface area contributed by atoms with Crippen LogP contribution in [0.1, 0.15) is 33.7 Å². The fraction of sp³-hybridized carbons (Fsp3) is 0.235. The molecule has 1 amide bonds. The third kappa shape index (κ3) is 4.05. The summed E-state index contributed by atoms with van der Waals surface area (Å²) in [6.45, 7) is 0.346. The molecular formula is C17H14ClFN4O3S3. The molecule has 29 heavy (non-hydrogen) atoms. The second kappa shape index (κ2) is 8.07. The number of thiophene rings is 1. The van der Waals surface area contributed by atoms with Crippen molar-refractivity contribution in [2.24, 2.45) is 0 Å². The Kier molecular flexibility index (Phi) is 5.67. The molecule has 1 fully saturated rings. The van der Waals surface area contributed by atoms with Gasteiger partial charge in [0.2, 0.25) is 5.01 Å². The molecule has 0 spiro atoms. The number of sulfonamides is 1. The van der Waals surface area contributed by atoms with Crippen LogP contribution >= 0.6 is 34.3 Å². The van der Waals surface area contributed by atoms with E-state index in [2.05, 4.69) is 15.5 Å². The molecular weight excluding hydrogens is 459 g/mol. The standard InChI is InChI=1S/C17H14ClFN4O3S3/c18-13-7-8-14(27-13)29(25,26)23-9-3-6-12(23)16-21-22-17(28-16)15(24)20-11-5-2-1-4-10(11)19/h1-2,4-5,7-8,12H,3,6,9H2,(H,20,24)/t12-/m1/s1. The average molecular weight is 473 g/mol. The number of para-hydroxylation sites is 1. The topological polar surface area (TPSA) is 92.3 Å². The monoisotopic (exact) mass is 472 g/mol. The number of carbonyl (C=O) groups excluding carboxylic acids is 1. The maximum atomic E-state index is 13.7. The number of hydrogen-bond acceptors (Lipinski definition) is 7. The van der Waals surface area contributed by atoms with Gasteiger partial charge in [-0.2, -0.15) is 4.31 Å². The van der Waals surface area contributed by atoms with Crippen LogP contribution in [0, 0.1) is 5.82 Å². The molecule has 0 radical (unpaired) electrons. The van der Waals surface area contributed by atoms with Gasteiger partial charge < -0.3 is 5.32 Å². The van der Waals surface area contributed by atoms with Gasteiger partial charge in [-0.1, -0.05) is 35.1 Å². The van der Waals surface area contributed by atoms with E-state index >= 15 is 0 Å². The molecule has 1 aromatic carbocycles. The fourth-order valence-electron chi connectivity index (χ4n) is 3.03. The van der Waals surface area contributed by atoms with Crippen LogP contribution in [-0.2, 0) is 10.0 Å². The van der Waals surface area contributed by atoms with Crippen molar-refractivity contribution in [3.8, 4) is 0 Å². The van der Waals surface area contributed by atoms with Crippen molar-refractivity contribution in [3.05, 3.63) is 56.6 Å². The number of hydrogen-bond donors (Lipinski definition) is 1. The van der Waals surface area contributed by atoms with E-state index in [0.717, 1.165) is 22.7 Å². The second-order valence-electron chi connectivity index (χ2n) is 6.21. The lowest BCUT2D eigenvalue weighted by Gasteiger charge is -2.21. The predicted octanol–water partition coefficient (Wildman–Crippen LogP) is 4.17. The largest absolute Gasteiger partial charge is 0.317 e. The summed E-state index contributed by atoms with van der Waals surface area (Å²) in [5, 5.41) is 10.8. The van der Waals surface area contributed by atoms with Crippen molar-refractivity contribution >= 4 is 55.9 Å². The van der Waals surface area contributed by atoms with E-state index in [0.29, 0.717) is 28.7 Å². The SMILES string of the molecule is O=C(Nc1ccccc1F)c1nnc([C@H]2CCCN2S(=O)(=O)c2ccc(Cl)s2)s1. The van der Waals surface area contributed by atoms with E-state index in [1.54, 1.807) is 12.1 Å². The molecule has 0 bridgehead atoms. The number of nitrogens with one attached hydrogen (secondary N) is 1. The molecule has 1 aliphatic rings. The fourth-order valence-corrected chi connectivity index (χ4v) is 7.25. The molecule has 7 nitrogen and oxygen atoms in total. The summed E-state index contributed by atoms with van der Waals surface area (Å²) in [6, 6.07) is 8.30. The molecule has 1 N–H and O–H groups in total. The van der Waals surface area contributed by atoms with E-state index in [1.807, 2.05) is 0 Å².